The van der Waals surface area contributed by atoms with Crippen LogP contribution in [0.15, 0.2) is 24.4 Å². The highest BCUT2D eigenvalue weighted by Crippen LogP contribution is 2.26. The summed E-state index contributed by atoms with van der Waals surface area (Å²) in [6.07, 6.45) is 7.46. The third kappa shape index (κ3) is 4.13. The van der Waals surface area contributed by atoms with Crippen molar-refractivity contribution in [1.82, 2.24) is 15.3 Å². The molecule has 148 valence electrons. The van der Waals surface area contributed by atoms with Gasteiger partial charge in [-0.3, -0.25) is 4.79 Å². The maximum atomic E-state index is 13.7. The van der Waals surface area contributed by atoms with Crippen molar-refractivity contribution in [3.05, 3.63) is 52.9 Å². The van der Waals surface area contributed by atoms with Crippen molar-refractivity contribution in [2.75, 3.05) is 18.0 Å². The Balaban J connectivity index is 1.38. The Morgan fingerprint density at radius 1 is 1.21 bits per heavy atom. The van der Waals surface area contributed by atoms with Crippen molar-refractivity contribution >= 4 is 11.9 Å². The maximum absolute atomic E-state index is 13.7. The van der Waals surface area contributed by atoms with Crippen molar-refractivity contribution in [2.24, 2.45) is 5.92 Å². The number of nitrogens with zero attached hydrogens (tertiary/aromatic N) is 3. The summed E-state index contributed by atoms with van der Waals surface area (Å²) >= 11 is 0. The second-order valence-electron chi connectivity index (χ2n) is 7.58. The fourth-order valence-corrected chi connectivity index (χ4v) is 3.97. The van der Waals surface area contributed by atoms with Crippen LogP contribution in [-0.4, -0.2) is 29.0 Å². The van der Waals surface area contributed by atoms with E-state index >= 15 is 0 Å². The molecule has 0 bridgehead atoms. The fourth-order valence-electron chi connectivity index (χ4n) is 3.97. The van der Waals surface area contributed by atoms with Gasteiger partial charge < -0.3 is 10.2 Å². The SMILES string of the molecule is O=C(NCc1cc(F)ccc1F)[C@@H]1CCc2nc(N3CCCCC3)ncc2C1. The van der Waals surface area contributed by atoms with Crippen molar-refractivity contribution < 1.29 is 13.6 Å². The van der Waals surface area contributed by atoms with Gasteiger partial charge in [-0.1, -0.05) is 0 Å². The number of benzene rings is 1. The van der Waals surface area contributed by atoms with Crippen LogP contribution in [0.25, 0.3) is 0 Å². The monoisotopic (exact) mass is 386 g/mol. The van der Waals surface area contributed by atoms with Crippen molar-refractivity contribution in [3.8, 4) is 0 Å². The summed E-state index contributed by atoms with van der Waals surface area (Å²) in [5, 5.41) is 2.74. The van der Waals surface area contributed by atoms with Gasteiger partial charge in [-0.2, -0.15) is 0 Å². The molecule has 4 rings (SSSR count). The van der Waals surface area contributed by atoms with E-state index in [9.17, 15) is 13.6 Å². The molecular formula is C21H24F2N4O. The molecule has 0 spiro atoms. The molecule has 2 aliphatic rings. The molecule has 1 aromatic carbocycles. The van der Waals surface area contributed by atoms with Crippen molar-refractivity contribution in [3.63, 3.8) is 0 Å². The molecule has 28 heavy (non-hydrogen) atoms. The predicted molar refractivity (Wildman–Crippen MR) is 102 cm³/mol. The molecule has 5 nitrogen and oxygen atoms in total. The first-order chi connectivity index (χ1) is 13.6. The van der Waals surface area contributed by atoms with Gasteiger partial charge in [-0.05, 0) is 62.3 Å². The van der Waals surface area contributed by atoms with E-state index in [0.29, 0.717) is 12.8 Å². The zero-order valence-corrected chi connectivity index (χ0v) is 15.8. The number of anilines is 1. The second-order valence-corrected chi connectivity index (χ2v) is 7.58. The van der Waals surface area contributed by atoms with Crippen LogP contribution in [0.1, 0.15) is 42.5 Å². The molecule has 1 amide bonds. The highest BCUT2D eigenvalue weighted by molar-refractivity contribution is 5.79. The van der Waals surface area contributed by atoms with Crippen LogP contribution in [0, 0.1) is 17.6 Å². The van der Waals surface area contributed by atoms with Crippen LogP contribution < -0.4 is 10.2 Å². The predicted octanol–water partition coefficient (Wildman–Crippen LogP) is 3.17. The normalized spacial score (nSPS) is 19.2. The molecular weight excluding hydrogens is 362 g/mol. The molecule has 2 heterocycles. The third-order valence-electron chi connectivity index (χ3n) is 5.61. The molecule has 7 heteroatoms. The Kier molecular flexibility index (Phi) is 5.50. The molecule has 0 saturated carbocycles. The number of nitrogens with one attached hydrogen (secondary N) is 1. The van der Waals surface area contributed by atoms with E-state index in [1.165, 1.54) is 19.3 Å². The van der Waals surface area contributed by atoms with Crippen molar-refractivity contribution in [2.45, 2.75) is 45.1 Å². The van der Waals surface area contributed by atoms with E-state index in [1.807, 2.05) is 6.20 Å². The average molecular weight is 386 g/mol. The summed E-state index contributed by atoms with van der Waals surface area (Å²) in [4.78, 5) is 24.0. The van der Waals surface area contributed by atoms with Crippen LogP contribution in [0.3, 0.4) is 0 Å². The van der Waals surface area contributed by atoms with Crippen molar-refractivity contribution in [1.29, 1.82) is 0 Å². The smallest absolute Gasteiger partial charge is 0.225 e. The largest absolute Gasteiger partial charge is 0.352 e. The summed E-state index contributed by atoms with van der Waals surface area (Å²) in [7, 11) is 0. The van der Waals surface area contributed by atoms with Crippen LogP contribution in [0.5, 0.6) is 0 Å². The lowest BCUT2D eigenvalue weighted by Crippen LogP contribution is -2.35. The van der Waals surface area contributed by atoms with E-state index in [2.05, 4.69) is 15.2 Å². The number of carbonyl (C=O) groups excluding carboxylic acids is 1. The van der Waals surface area contributed by atoms with Gasteiger partial charge in [-0.25, -0.2) is 18.7 Å². The zero-order valence-electron chi connectivity index (χ0n) is 15.8. The van der Waals surface area contributed by atoms with Gasteiger partial charge in [0.25, 0.3) is 0 Å². The quantitative estimate of drug-likeness (QED) is 0.877. The molecule has 1 aliphatic carbocycles. The minimum absolute atomic E-state index is 0.0177. The first kappa shape index (κ1) is 18.8. The molecule has 2 aromatic rings. The van der Waals surface area contributed by atoms with Gasteiger partial charge in [0, 0.05) is 43.0 Å². The highest BCUT2D eigenvalue weighted by atomic mass is 19.1. The summed E-state index contributed by atoms with van der Waals surface area (Å²) < 4.78 is 27.0. The summed E-state index contributed by atoms with van der Waals surface area (Å²) in [6.45, 7) is 1.98. The Bertz CT molecular complexity index is 867. The minimum atomic E-state index is -0.519. The number of halogens is 2. The highest BCUT2D eigenvalue weighted by Gasteiger charge is 2.27. The summed E-state index contributed by atoms with van der Waals surface area (Å²) in [6, 6.07) is 3.25. The molecule has 1 N–H and O–H groups in total. The molecule has 1 saturated heterocycles. The Morgan fingerprint density at radius 3 is 2.86 bits per heavy atom. The molecule has 1 atom stereocenters. The number of piperidine rings is 1. The van der Waals surface area contributed by atoms with E-state index in [4.69, 9.17) is 4.98 Å². The van der Waals surface area contributed by atoms with E-state index in [-0.39, 0.29) is 23.9 Å². The number of aryl methyl sites for hydroxylation is 1. The van der Waals surface area contributed by atoms with Crippen LogP contribution in [-0.2, 0) is 24.2 Å². The van der Waals surface area contributed by atoms with Gasteiger partial charge in [0.2, 0.25) is 11.9 Å². The number of carbonyl (C=O) groups is 1. The molecule has 1 aliphatic heterocycles. The molecule has 0 radical (unpaired) electrons. The fraction of sp³-hybridized carbons (Fsp3) is 0.476. The van der Waals surface area contributed by atoms with Gasteiger partial charge >= 0.3 is 0 Å². The summed E-state index contributed by atoms with van der Waals surface area (Å²) in [5.74, 6) is -0.584. The van der Waals surface area contributed by atoms with Crippen LogP contribution in [0.4, 0.5) is 14.7 Å². The minimum Gasteiger partial charge on any atom is -0.352 e. The lowest BCUT2D eigenvalue weighted by molar-refractivity contribution is -0.125. The topological polar surface area (TPSA) is 58.1 Å². The lowest BCUT2D eigenvalue weighted by atomic mass is 9.86. The Morgan fingerprint density at radius 2 is 2.04 bits per heavy atom. The molecule has 1 fully saturated rings. The van der Waals surface area contributed by atoms with E-state index < -0.39 is 11.6 Å². The number of fused-ring (bicyclic) bond motifs is 1. The molecule has 0 unspecified atom stereocenters. The number of rotatable bonds is 4. The summed E-state index contributed by atoms with van der Waals surface area (Å²) in [5.41, 5.74) is 2.18. The number of hydrogen-bond donors (Lipinski definition) is 1. The number of amides is 1. The Hall–Kier alpha value is -2.57. The maximum Gasteiger partial charge on any atom is 0.225 e. The van der Waals surface area contributed by atoms with Gasteiger partial charge in [0.05, 0.1) is 0 Å². The Labute approximate surface area is 163 Å². The number of aromatic nitrogens is 2. The zero-order chi connectivity index (χ0) is 19.5. The van der Waals surface area contributed by atoms with Crippen LogP contribution >= 0.6 is 0 Å². The second kappa shape index (κ2) is 8.20. The first-order valence-corrected chi connectivity index (χ1v) is 9.91. The van der Waals surface area contributed by atoms with Gasteiger partial charge in [0.1, 0.15) is 11.6 Å². The molecule has 1 aromatic heterocycles. The van der Waals surface area contributed by atoms with Gasteiger partial charge in [0.15, 0.2) is 0 Å². The van der Waals surface area contributed by atoms with E-state index in [1.54, 1.807) is 0 Å². The van der Waals surface area contributed by atoms with Crippen LogP contribution in [0.2, 0.25) is 0 Å². The van der Waals surface area contributed by atoms with E-state index in [0.717, 1.165) is 54.9 Å². The number of hydrogen-bond acceptors (Lipinski definition) is 4. The average Bonchev–Trinajstić information content (AvgIpc) is 2.74. The third-order valence-corrected chi connectivity index (χ3v) is 5.61. The van der Waals surface area contributed by atoms with Gasteiger partial charge in [-0.15, -0.1) is 0 Å². The standard InChI is InChI=1S/C21H24F2N4O/c22-17-5-6-18(23)15(11-17)12-24-20(28)14-4-7-19-16(10-14)13-25-21(26-19)27-8-2-1-3-9-27/h5-6,11,13-14H,1-4,7-10,12H2,(H,24,28)/t14-/m1/s1. The lowest BCUT2D eigenvalue weighted by Gasteiger charge is -2.28. The first-order valence-electron chi connectivity index (χ1n) is 9.91.